The summed E-state index contributed by atoms with van der Waals surface area (Å²) in [5, 5.41) is 3.35. The van der Waals surface area contributed by atoms with E-state index in [9.17, 15) is 0 Å². The summed E-state index contributed by atoms with van der Waals surface area (Å²) in [5.74, 6) is 3.16. The monoisotopic (exact) mass is 504 g/mol. The largest absolute Gasteiger partial charge is 0.457 e. The lowest BCUT2D eigenvalue weighted by Crippen LogP contribution is -2.54. The van der Waals surface area contributed by atoms with Crippen molar-refractivity contribution in [2.24, 2.45) is 22.9 Å². The Morgan fingerprint density at radius 1 is 0.676 bits per heavy atom. The fourth-order valence-electron chi connectivity index (χ4n) is 4.88. The van der Waals surface area contributed by atoms with E-state index < -0.39 is 0 Å². The number of para-hydroxylation sites is 1. The van der Waals surface area contributed by atoms with Crippen LogP contribution in [-0.4, -0.2) is 65.3 Å². The van der Waals surface area contributed by atoms with Gasteiger partial charge in [0.1, 0.15) is 11.5 Å². The number of nitrogens with one attached hydrogen (secondary N) is 1. The maximum Gasteiger partial charge on any atom is 0.232 e. The third-order valence-corrected chi connectivity index (χ3v) is 6.56. The number of benzene rings is 2. The zero-order valence-corrected chi connectivity index (χ0v) is 20.9. The van der Waals surface area contributed by atoms with Gasteiger partial charge in [-0.25, -0.2) is 0 Å². The van der Waals surface area contributed by atoms with Gasteiger partial charge in [-0.05, 0) is 42.7 Å². The molecular formula is C26H36N10O. The molecule has 0 amide bonds. The molecule has 11 heteroatoms. The second-order valence-electron chi connectivity index (χ2n) is 9.99. The van der Waals surface area contributed by atoms with Crippen LogP contribution in [0.15, 0.2) is 54.6 Å². The van der Waals surface area contributed by atoms with E-state index in [1.54, 1.807) is 0 Å². The molecule has 2 fully saturated rings. The number of hydrogen-bond acceptors (Lipinski definition) is 11. The van der Waals surface area contributed by atoms with Crippen LogP contribution in [0.4, 0.5) is 17.8 Å². The summed E-state index contributed by atoms with van der Waals surface area (Å²) in [6, 6.07) is 17.5. The van der Waals surface area contributed by atoms with Gasteiger partial charge in [0, 0.05) is 56.9 Å². The summed E-state index contributed by atoms with van der Waals surface area (Å²) in [5.41, 5.74) is 26.0. The highest BCUT2D eigenvalue weighted by Gasteiger charge is 2.28. The van der Waals surface area contributed by atoms with Gasteiger partial charge < -0.3 is 42.8 Å². The maximum atomic E-state index is 6.24. The van der Waals surface area contributed by atoms with Crippen molar-refractivity contribution >= 4 is 17.8 Å². The number of nitrogens with two attached hydrogens (primary N) is 4. The van der Waals surface area contributed by atoms with Crippen LogP contribution in [0.5, 0.6) is 11.5 Å². The number of rotatable bonds is 7. The molecule has 0 aliphatic carbocycles. The lowest BCUT2D eigenvalue weighted by Gasteiger charge is -2.37. The Morgan fingerprint density at radius 3 is 1.68 bits per heavy atom. The third-order valence-electron chi connectivity index (χ3n) is 6.56. The Bertz CT molecular complexity index is 1100. The molecule has 37 heavy (non-hydrogen) atoms. The van der Waals surface area contributed by atoms with Gasteiger partial charge in [0.25, 0.3) is 0 Å². The number of hydrogen-bond donors (Lipinski definition) is 5. The molecule has 2 aromatic carbocycles. The summed E-state index contributed by atoms with van der Waals surface area (Å²) in [4.78, 5) is 18.3. The van der Waals surface area contributed by atoms with Crippen LogP contribution in [0.3, 0.4) is 0 Å². The van der Waals surface area contributed by atoms with Crippen molar-refractivity contribution in [1.29, 1.82) is 0 Å². The molecule has 0 spiro atoms. The van der Waals surface area contributed by atoms with E-state index in [1.807, 2.05) is 64.4 Å². The first-order valence-corrected chi connectivity index (χ1v) is 12.8. The number of nitrogens with zero attached hydrogens (tertiary/aromatic N) is 5. The van der Waals surface area contributed by atoms with Gasteiger partial charge in [0.15, 0.2) is 0 Å². The lowest BCUT2D eigenvalue weighted by atomic mass is 10.0. The van der Waals surface area contributed by atoms with Crippen LogP contribution in [0.1, 0.15) is 18.4 Å². The smallest absolute Gasteiger partial charge is 0.232 e. The van der Waals surface area contributed by atoms with Crippen LogP contribution in [0.25, 0.3) is 0 Å². The lowest BCUT2D eigenvalue weighted by molar-refractivity contribution is 0.441. The van der Waals surface area contributed by atoms with Gasteiger partial charge in [-0.1, -0.05) is 30.3 Å². The average molecular weight is 505 g/mol. The fourth-order valence-corrected chi connectivity index (χ4v) is 4.88. The van der Waals surface area contributed by atoms with Crippen molar-refractivity contribution in [3.63, 3.8) is 0 Å². The Kier molecular flexibility index (Phi) is 7.65. The molecule has 9 N–H and O–H groups in total. The molecule has 5 rings (SSSR count). The summed E-state index contributed by atoms with van der Waals surface area (Å²) >= 11 is 0. The summed E-state index contributed by atoms with van der Waals surface area (Å²) < 4.78 is 5.89. The molecule has 2 saturated heterocycles. The van der Waals surface area contributed by atoms with Crippen molar-refractivity contribution in [3.8, 4) is 11.5 Å². The van der Waals surface area contributed by atoms with E-state index in [0.717, 1.165) is 29.9 Å². The fraction of sp³-hybridized carbons (Fsp3) is 0.423. The van der Waals surface area contributed by atoms with Gasteiger partial charge in [-0.15, -0.1) is 0 Å². The van der Waals surface area contributed by atoms with Crippen molar-refractivity contribution in [1.82, 2.24) is 15.0 Å². The maximum absolute atomic E-state index is 6.24. The van der Waals surface area contributed by atoms with E-state index in [4.69, 9.17) is 42.6 Å². The molecule has 2 aliphatic rings. The molecule has 196 valence electrons. The van der Waals surface area contributed by atoms with Gasteiger partial charge in [-0.2, -0.15) is 15.0 Å². The number of anilines is 3. The summed E-state index contributed by atoms with van der Waals surface area (Å²) in [7, 11) is 0. The molecule has 0 bridgehead atoms. The van der Waals surface area contributed by atoms with Gasteiger partial charge in [-0.3, -0.25) is 0 Å². The predicted octanol–water partition coefficient (Wildman–Crippen LogP) is 1.01. The molecule has 3 heterocycles. The first-order valence-electron chi connectivity index (χ1n) is 12.8. The van der Waals surface area contributed by atoms with E-state index >= 15 is 0 Å². The van der Waals surface area contributed by atoms with Crippen LogP contribution < -0.4 is 42.8 Å². The second kappa shape index (κ2) is 11.3. The van der Waals surface area contributed by atoms with Crippen LogP contribution in [0, 0.1) is 0 Å². The highest BCUT2D eigenvalue weighted by molar-refractivity contribution is 5.47. The minimum absolute atomic E-state index is 0.0335. The molecule has 11 nitrogen and oxygen atoms in total. The second-order valence-corrected chi connectivity index (χ2v) is 9.99. The first kappa shape index (κ1) is 25.2. The Labute approximate surface area is 217 Å². The van der Waals surface area contributed by atoms with E-state index in [-0.39, 0.29) is 24.2 Å². The number of ether oxygens (including phenoxy) is 1. The molecule has 4 unspecified atom stereocenters. The molecule has 1 aromatic heterocycles. The minimum atomic E-state index is -0.0335. The molecule has 0 radical (unpaired) electrons. The summed E-state index contributed by atoms with van der Waals surface area (Å²) in [6.45, 7) is 3.08. The zero-order valence-electron chi connectivity index (χ0n) is 20.9. The third kappa shape index (κ3) is 6.63. The zero-order chi connectivity index (χ0) is 25.8. The minimum Gasteiger partial charge on any atom is -0.457 e. The topological polar surface area (TPSA) is 170 Å². The highest BCUT2D eigenvalue weighted by Crippen LogP contribution is 2.24. The summed E-state index contributed by atoms with van der Waals surface area (Å²) in [6.07, 6.45) is 1.55. The van der Waals surface area contributed by atoms with Crippen LogP contribution in [-0.2, 0) is 6.54 Å². The molecule has 3 aromatic rings. The quantitative estimate of drug-likeness (QED) is 0.311. The van der Waals surface area contributed by atoms with Crippen LogP contribution in [0.2, 0.25) is 0 Å². The van der Waals surface area contributed by atoms with Crippen molar-refractivity contribution in [2.75, 3.05) is 41.3 Å². The van der Waals surface area contributed by atoms with Crippen molar-refractivity contribution < 1.29 is 4.74 Å². The SMILES string of the molecule is NC1CC(N)CN(c2nc(NCc3ccc(Oc4ccccc4)cc3)nc(N3CC(N)CC(N)C3)n2)C1. The van der Waals surface area contributed by atoms with Crippen molar-refractivity contribution in [2.45, 2.75) is 43.6 Å². The Morgan fingerprint density at radius 2 is 1.16 bits per heavy atom. The molecule has 2 aliphatic heterocycles. The van der Waals surface area contributed by atoms with Crippen molar-refractivity contribution in [3.05, 3.63) is 60.2 Å². The molecule has 4 atom stereocenters. The van der Waals surface area contributed by atoms with E-state index in [1.165, 1.54) is 0 Å². The molecular weight excluding hydrogens is 468 g/mol. The average Bonchev–Trinajstić information content (AvgIpc) is 2.88. The van der Waals surface area contributed by atoms with Crippen LogP contribution >= 0.6 is 0 Å². The number of aromatic nitrogens is 3. The normalized spacial score (nSPS) is 24.1. The first-order chi connectivity index (χ1) is 17.9. The van der Waals surface area contributed by atoms with Gasteiger partial charge in [0.2, 0.25) is 17.8 Å². The molecule has 0 saturated carbocycles. The standard InChI is InChI=1S/C26H36N10O/c27-18-10-19(28)14-35(13-18)25-32-24(33-26(34-25)36-15-20(29)11-21(30)16-36)31-12-17-6-8-23(9-7-17)37-22-4-2-1-3-5-22/h1-9,18-21H,10-16,27-30H2,(H,31,32,33,34). The highest BCUT2D eigenvalue weighted by atomic mass is 16.5. The Hall–Kier alpha value is -3.51. The number of piperidine rings is 2. The predicted molar refractivity (Wildman–Crippen MR) is 146 cm³/mol. The van der Waals surface area contributed by atoms with E-state index in [0.29, 0.717) is 50.6 Å². The van der Waals surface area contributed by atoms with E-state index in [2.05, 4.69) is 5.32 Å². The van der Waals surface area contributed by atoms with Gasteiger partial charge >= 0.3 is 0 Å². The van der Waals surface area contributed by atoms with Gasteiger partial charge in [0.05, 0.1) is 0 Å². The Balaban J connectivity index is 1.33.